The largest absolute Gasteiger partial charge is 0.251 e. The van der Waals surface area contributed by atoms with Crippen LogP contribution >= 0.6 is 0 Å². The molecule has 0 radical (unpaired) electrons. The fraction of sp³-hybridized carbons (Fsp3) is 0.882. The number of alkyl halides is 1. The van der Waals surface area contributed by atoms with Gasteiger partial charge in [0, 0.05) is 0 Å². The molecular formula is C17H29F. The number of halogens is 1. The van der Waals surface area contributed by atoms with Gasteiger partial charge in [0.05, 0.1) is 6.67 Å². The van der Waals surface area contributed by atoms with Crippen molar-refractivity contribution in [3.05, 3.63) is 12.2 Å². The summed E-state index contributed by atoms with van der Waals surface area (Å²) in [5.74, 6) is 3.75. The highest BCUT2D eigenvalue weighted by Crippen LogP contribution is 2.41. The van der Waals surface area contributed by atoms with Crippen LogP contribution in [-0.2, 0) is 0 Å². The van der Waals surface area contributed by atoms with Crippen molar-refractivity contribution >= 4 is 0 Å². The van der Waals surface area contributed by atoms with Gasteiger partial charge in [0.25, 0.3) is 0 Å². The normalized spacial score (nSPS) is 38.1. The average Bonchev–Trinajstić information content (AvgIpc) is 2.41. The highest BCUT2D eigenvalue weighted by Gasteiger charge is 2.29. The Kier molecular flexibility index (Phi) is 5.72. The van der Waals surface area contributed by atoms with Crippen molar-refractivity contribution in [3.8, 4) is 0 Å². The molecular weight excluding hydrogens is 223 g/mol. The Morgan fingerprint density at radius 1 is 0.889 bits per heavy atom. The average molecular weight is 252 g/mol. The van der Waals surface area contributed by atoms with Gasteiger partial charge in [-0.15, -0.1) is 0 Å². The van der Waals surface area contributed by atoms with Gasteiger partial charge in [-0.05, 0) is 68.6 Å². The molecule has 104 valence electrons. The Labute approximate surface area is 112 Å². The van der Waals surface area contributed by atoms with Crippen LogP contribution in [0.3, 0.4) is 0 Å². The Balaban J connectivity index is 1.70. The predicted molar refractivity (Wildman–Crippen MR) is 76.3 cm³/mol. The van der Waals surface area contributed by atoms with Crippen molar-refractivity contribution in [2.45, 2.75) is 64.7 Å². The van der Waals surface area contributed by atoms with Gasteiger partial charge in [-0.2, -0.15) is 0 Å². The van der Waals surface area contributed by atoms with Crippen molar-refractivity contribution in [2.75, 3.05) is 6.67 Å². The first-order valence-corrected chi connectivity index (χ1v) is 8.02. The van der Waals surface area contributed by atoms with E-state index in [4.69, 9.17) is 0 Å². The molecule has 2 rings (SSSR count). The zero-order valence-electron chi connectivity index (χ0n) is 11.9. The van der Waals surface area contributed by atoms with E-state index in [1.165, 1.54) is 51.4 Å². The summed E-state index contributed by atoms with van der Waals surface area (Å²) < 4.78 is 12.0. The minimum atomic E-state index is -0.202. The zero-order valence-corrected chi connectivity index (χ0v) is 11.9. The Morgan fingerprint density at radius 2 is 1.44 bits per heavy atom. The molecule has 0 heterocycles. The molecule has 0 aromatic heterocycles. The predicted octanol–water partition coefficient (Wildman–Crippen LogP) is 5.53. The van der Waals surface area contributed by atoms with E-state index < -0.39 is 0 Å². The molecule has 0 saturated heterocycles. The molecule has 2 aliphatic rings. The zero-order chi connectivity index (χ0) is 12.8. The lowest BCUT2D eigenvalue weighted by Gasteiger charge is -2.36. The second-order valence-corrected chi connectivity index (χ2v) is 6.60. The van der Waals surface area contributed by atoms with Gasteiger partial charge >= 0.3 is 0 Å². The Morgan fingerprint density at radius 3 is 2.00 bits per heavy atom. The van der Waals surface area contributed by atoms with Crippen molar-refractivity contribution in [1.82, 2.24) is 0 Å². The molecule has 2 fully saturated rings. The smallest absolute Gasteiger partial charge is 0.0928 e. The van der Waals surface area contributed by atoms with Crippen LogP contribution in [0.1, 0.15) is 64.7 Å². The summed E-state index contributed by atoms with van der Waals surface area (Å²) in [6, 6.07) is 0. The van der Waals surface area contributed by atoms with Crippen LogP contribution < -0.4 is 0 Å². The monoisotopic (exact) mass is 252 g/mol. The summed E-state index contributed by atoms with van der Waals surface area (Å²) in [7, 11) is 0. The molecule has 18 heavy (non-hydrogen) atoms. The molecule has 0 amide bonds. The van der Waals surface area contributed by atoms with Gasteiger partial charge in [0.15, 0.2) is 0 Å². The van der Waals surface area contributed by atoms with E-state index >= 15 is 0 Å². The number of rotatable bonds is 4. The summed E-state index contributed by atoms with van der Waals surface area (Å²) in [4.78, 5) is 0. The van der Waals surface area contributed by atoms with Crippen LogP contribution in [0.25, 0.3) is 0 Å². The third-order valence-electron chi connectivity index (χ3n) is 5.23. The maximum atomic E-state index is 12.0. The first-order valence-electron chi connectivity index (χ1n) is 8.02. The van der Waals surface area contributed by atoms with Gasteiger partial charge in [0.1, 0.15) is 0 Å². The van der Waals surface area contributed by atoms with E-state index in [0.717, 1.165) is 23.7 Å². The molecule has 0 unspecified atom stereocenters. The van der Waals surface area contributed by atoms with E-state index in [0.29, 0.717) is 6.42 Å². The van der Waals surface area contributed by atoms with E-state index in [-0.39, 0.29) is 6.67 Å². The molecule has 0 atom stereocenters. The second kappa shape index (κ2) is 7.31. The molecule has 0 N–H and O–H groups in total. The third-order valence-corrected chi connectivity index (χ3v) is 5.23. The standard InChI is InChI=1S/C17H29F/c1-14-5-9-16(10-6-14)17-11-7-15(8-12-17)4-2-3-13-18/h2,4,14-17H,3,5-13H2,1H3/b4-2+. The summed E-state index contributed by atoms with van der Waals surface area (Å²) >= 11 is 0. The summed E-state index contributed by atoms with van der Waals surface area (Å²) in [6.45, 7) is 2.20. The molecule has 1 heteroatoms. The molecule has 0 bridgehead atoms. The van der Waals surface area contributed by atoms with Crippen LogP contribution in [0.5, 0.6) is 0 Å². The third kappa shape index (κ3) is 4.10. The molecule has 2 saturated carbocycles. The molecule has 0 aromatic carbocycles. The lowest BCUT2D eigenvalue weighted by atomic mass is 9.69. The maximum Gasteiger partial charge on any atom is 0.0928 e. The van der Waals surface area contributed by atoms with Gasteiger partial charge in [0.2, 0.25) is 0 Å². The lowest BCUT2D eigenvalue weighted by molar-refractivity contribution is 0.160. The first kappa shape index (κ1) is 14.1. The van der Waals surface area contributed by atoms with E-state index in [2.05, 4.69) is 13.0 Å². The highest BCUT2D eigenvalue weighted by atomic mass is 19.1. The minimum Gasteiger partial charge on any atom is -0.251 e. The van der Waals surface area contributed by atoms with E-state index in [9.17, 15) is 4.39 Å². The number of hydrogen-bond acceptors (Lipinski definition) is 0. The van der Waals surface area contributed by atoms with Gasteiger partial charge in [-0.25, -0.2) is 0 Å². The molecule has 0 aromatic rings. The first-order chi connectivity index (χ1) is 8.79. The maximum absolute atomic E-state index is 12.0. The van der Waals surface area contributed by atoms with Crippen molar-refractivity contribution in [2.24, 2.45) is 23.7 Å². The summed E-state index contributed by atoms with van der Waals surface area (Å²) in [5, 5.41) is 0. The van der Waals surface area contributed by atoms with Gasteiger partial charge < -0.3 is 0 Å². The SMILES string of the molecule is CC1CCC(C2CCC(/C=C/CCF)CC2)CC1. The summed E-state index contributed by atoms with van der Waals surface area (Å²) in [5.41, 5.74) is 0. The second-order valence-electron chi connectivity index (χ2n) is 6.60. The number of hydrogen-bond donors (Lipinski definition) is 0. The molecule has 0 spiro atoms. The van der Waals surface area contributed by atoms with E-state index in [1.807, 2.05) is 6.08 Å². The Hall–Kier alpha value is -0.330. The van der Waals surface area contributed by atoms with Crippen molar-refractivity contribution in [3.63, 3.8) is 0 Å². The minimum absolute atomic E-state index is 0.202. The van der Waals surface area contributed by atoms with Crippen LogP contribution in [0.15, 0.2) is 12.2 Å². The van der Waals surface area contributed by atoms with Gasteiger partial charge in [-0.1, -0.05) is 31.9 Å². The number of allylic oxidation sites excluding steroid dienone is 2. The quantitative estimate of drug-likeness (QED) is 0.577. The molecule has 2 aliphatic carbocycles. The fourth-order valence-electron chi connectivity index (χ4n) is 3.92. The van der Waals surface area contributed by atoms with Crippen LogP contribution in [0.2, 0.25) is 0 Å². The fourth-order valence-corrected chi connectivity index (χ4v) is 3.92. The molecule has 0 aliphatic heterocycles. The van der Waals surface area contributed by atoms with Crippen molar-refractivity contribution in [1.29, 1.82) is 0 Å². The van der Waals surface area contributed by atoms with Crippen LogP contribution in [0.4, 0.5) is 4.39 Å². The molecule has 0 nitrogen and oxygen atoms in total. The topological polar surface area (TPSA) is 0 Å². The van der Waals surface area contributed by atoms with Crippen LogP contribution in [0, 0.1) is 23.7 Å². The Bertz CT molecular complexity index is 242. The van der Waals surface area contributed by atoms with Crippen molar-refractivity contribution < 1.29 is 4.39 Å². The van der Waals surface area contributed by atoms with Gasteiger partial charge in [-0.3, -0.25) is 4.39 Å². The van der Waals surface area contributed by atoms with E-state index in [1.54, 1.807) is 0 Å². The lowest BCUT2D eigenvalue weighted by Crippen LogP contribution is -2.24. The summed E-state index contributed by atoms with van der Waals surface area (Å²) in [6.07, 6.45) is 16.4. The highest BCUT2D eigenvalue weighted by molar-refractivity contribution is 4.92. The van der Waals surface area contributed by atoms with Crippen LogP contribution in [-0.4, -0.2) is 6.67 Å².